The third-order valence-electron chi connectivity index (χ3n) is 4.65. The minimum atomic E-state index is 0.139. The van der Waals surface area contributed by atoms with E-state index in [2.05, 4.69) is 33.1 Å². The van der Waals surface area contributed by atoms with Gasteiger partial charge < -0.3 is 10.2 Å². The molecule has 0 bridgehead atoms. The van der Waals surface area contributed by atoms with Gasteiger partial charge >= 0.3 is 0 Å². The number of nitrogens with zero attached hydrogens (tertiary/aromatic N) is 3. The normalized spacial score (nSPS) is 16.0. The van der Waals surface area contributed by atoms with Crippen LogP contribution in [0.4, 0.5) is 0 Å². The molecule has 0 spiro atoms. The standard InChI is InChI=1S/C19H26N4OS/c1-16-4-2-7-20-18(16)15-23-11-9-22(10-12-23)8-6-19(24)21-14-17-5-3-13-25-17/h2-5,7,13H,6,8-12,14-15H2,1H3,(H,21,24). The van der Waals surface area contributed by atoms with Crippen molar-refractivity contribution >= 4 is 17.2 Å². The Hall–Kier alpha value is -1.76. The summed E-state index contributed by atoms with van der Waals surface area (Å²) in [7, 11) is 0. The smallest absolute Gasteiger partial charge is 0.221 e. The predicted octanol–water partition coefficient (Wildman–Crippen LogP) is 2.28. The number of piperazine rings is 1. The number of carbonyl (C=O) groups is 1. The van der Waals surface area contributed by atoms with E-state index < -0.39 is 0 Å². The lowest BCUT2D eigenvalue weighted by atomic mass is 10.2. The molecule has 134 valence electrons. The van der Waals surface area contributed by atoms with Gasteiger partial charge in [0.05, 0.1) is 12.2 Å². The summed E-state index contributed by atoms with van der Waals surface area (Å²) in [5.41, 5.74) is 2.43. The minimum absolute atomic E-state index is 0.139. The van der Waals surface area contributed by atoms with Gasteiger partial charge in [-0.15, -0.1) is 11.3 Å². The Morgan fingerprint density at radius 1 is 1.20 bits per heavy atom. The minimum Gasteiger partial charge on any atom is -0.351 e. The summed E-state index contributed by atoms with van der Waals surface area (Å²) in [6.45, 7) is 8.63. The van der Waals surface area contributed by atoms with Crippen molar-refractivity contribution in [2.24, 2.45) is 0 Å². The van der Waals surface area contributed by atoms with E-state index >= 15 is 0 Å². The molecule has 1 aliphatic heterocycles. The molecule has 25 heavy (non-hydrogen) atoms. The average molecular weight is 359 g/mol. The van der Waals surface area contributed by atoms with Gasteiger partial charge in [0.25, 0.3) is 0 Å². The molecular formula is C19H26N4OS. The lowest BCUT2D eigenvalue weighted by Gasteiger charge is -2.34. The molecule has 5 nitrogen and oxygen atoms in total. The van der Waals surface area contributed by atoms with Gasteiger partial charge in [0.1, 0.15) is 0 Å². The van der Waals surface area contributed by atoms with Crippen molar-refractivity contribution in [1.82, 2.24) is 20.1 Å². The molecule has 0 saturated carbocycles. The average Bonchev–Trinajstić information content (AvgIpc) is 3.15. The van der Waals surface area contributed by atoms with E-state index in [9.17, 15) is 4.79 Å². The van der Waals surface area contributed by atoms with Crippen LogP contribution in [0.5, 0.6) is 0 Å². The van der Waals surface area contributed by atoms with E-state index in [1.54, 1.807) is 11.3 Å². The van der Waals surface area contributed by atoms with Crippen LogP contribution in [0.3, 0.4) is 0 Å². The van der Waals surface area contributed by atoms with Crippen molar-refractivity contribution in [2.45, 2.75) is 26.4 Å². The molecule has 1 saturated heterocycles. The van der Waals surface area contributed by atoms with E-state index in [0.717, 1.165) is 39.3 Å². The maximum absolute atomic E-state index is 12.0. The number of aryl methyl sites for hydroxylation is 1. The molecule has 1 aliphatic rings. The van der Waals surface area contributed by atoms with Gasteiger partial charge in [-0.3, -0.25) is 14.7 Å². The summed E-state index contributed by atoms with van der Waals surface area (Å²) in [5, 5.41) is 5.03. The second-order valence-electron chi connectivity index (χ2n) is 6.49. The summed E-state index contributed by atoms with van der Waals surface area (Å²) in [6.07, 6.45) is 2.44. The highest BCUT2D eigenvalue weighted by molar-refractivity contribution is 7.09. The Bertz CT molecular complexity index is 666. The maximum Gasteiger partial charge on any atom is 0.221 e. The van der Waals surface area contributed by atoms with Crippen LogP contribution in [0.2, 0.25) is 0 Å². The van der Waals surface area contributed by atoms with Gasteiger partial charge in [-0.2, -0.15) is 0 Å². The summed E-state index contributed by atoms with van der Waals surface area (Å²) < 4.78 is 0. The molecule has 0 aromatic carbocycles. The van der Waals surface area contributed by atoms with Crippen molar-refractivity contribution < 1.29 is 4.79 Å². The topological polar surface area (TPSA) is 48.5 Å². The molecular weight excluding hydrogens is 332 g/mol. The van der Waals surface area contributed by atoms with Gasteiger partial charge in [-0.1, -0.05) is 12.1 Å². The number of amides is 1. The Labute approximate surface area is 153 Å². The Kier molecular flexibility index (Phi) is 6.55. The highest BCUT2D eigenvalue weighted by Crippen LogP contribution is 2.11. The van der Waals surface area contributed by atoms with Crippen LogP contribution in [0.15, 0.2) is 35.8 Å². The van der Waals surface area contributed by atoms with Gasteiger partial charge in [-0.05, 0) is 30.0 Å². The van der Waals surface area contributed by atoms with Gasteiger partial charge in [-0.25, -0.2) is 0 Å². The fourth-order valence-electron chi connectivity index (χ4n) is 3.01. The lowest BCUT2D eigenvalue weighted by Crippen LogP contribution is -2.46. The van der Waals surface area contributed by atoms with Crippen LogP contribution in [0, 0.1) is 6.92 Å². The van der Waals surface area contributed by atoms with Crippen LogP contribution >= 0.6 is 11.3 Å². The molecule has 0 aliphatic carbocycles. The fraction of sp³-hybridized carbons (Fsp3) is 0.474. The Balaban J connectivity index is 1.33. The highest BCUT2D eigenvalue weighted by Gasteiger charge is 2.18. The molecule has 3 heterocycles. The molecule has 2 aromatic rings. The number of hydrogen-bond acceptors (Lipinski definition) is 5. The van der Waals surface area contributed by atoms with Crippen LogP contribution < -0.4 is 5.32 Å². The number of thiophene rings is 1. The molecule has 1 amide bonds. The third kappa shape index (κ3) is 5.63. The number of aromatic nitrogens is 1. The zero-order valence-electron chi connectivity index (χ0n) is 14.8. The maximum atomic E-state index is 12.0. The van der Waals surface area contributed by atoms with Crippen LogP contribution in [-0.4, -0.2) is 53.4 Å². The number of hydrogen-bond donors (Lipinski definition) is 1. The quantitative estimate of drug-likeness (QED) is 0.825. The van der Waals surface area contributed by atoms with Gasteiger partial charge in [0, 0.05) is 56.8 Å². The van der Waals surface area contributed by atoms with Crippen molar-refractivity contribution in [1.29, 1.82) is 0 Å². The molecule has 1 fully saturated rings. The largest absolute Gasteiger partial charge is 0.351 e. The molecule has 2 aromatic heterocycles. The zero-order valence-corrected chi connectivity index (χ0v) is 15.6. The molecule has 0 atom stereocenters. The van der Waals surface area contributed by atoms with E-state index in [1.807, 2.05) is 29.8 Å². The van der Waals surface area contributed by atoms with E-state index in [4.69, 9.17) is 0 Å². The first-order valence-corrected chi connectivity index (χ1v) is 9.73. The number of pyridine rings is 1. The fourth-order valence-corrected chi connectivity index (χ4v) is 3.66. The van der Waals surface area contributed by atoms with Crippen molar-refractivity contribution in [2.75, 3.05) is 32.7 Å². The molecule has 3 rings (SSSR count). The van der Waals surface area contributed by atoms with Crippen molar-refractivity contribution in [3.63, 3.8) is 0 Å². The first-order valence-electron chi connectivity index (χ1n) is 8.85. The van der Waals surface area contributed by atoms with Crippen LogP contribution in [0.1, 0.15) is 22.6 Å². The monoisotopic (exact) mass is 358 g/mol. The third-order valence-corrected chi connectivity index (χ3v) is 5.53. The number of rotatable bonds is 7. The lowest BCUT2D eigenvalue weighted by molar-refractivity contribution is -0.121. The summed E-state index contributed by atoms with van der Waals surface area (Å²) in [6, 6.07) is 8.17. The number of carbonyl (C=O) groups excluding carboxylic acids is 1. The SMILES string of the molecule is Cc1cccnc1CN1CCN(CCC(=O)NCc2cccs2)CC1. The van der Waals surface area contributed by atoms with E-state index in [1.165, 1.54) is 16.1 Å². The summed E-state index contributed by atoms with van der Waals surface area (Å²) in [4.78, 5) is 22.5. The zero-order chi connectivity index (χ0) is 17.5. The van der Waals surface area contributed by atoms with Gasteiger partial charge in [0.2, 0.25) is 5.91 Å². The first-order chi connectivity index (χ1) is 12.2. The Morgan fingerprint density at radius 2 is 2.00 bits per heavy atom. The first kappa shape index (κ1) is 18.0. The second kappa shape index (κ2) is 9.08. The van der Waals surface area contributed by atoms with Crippen molar-refractivity contribution in [3.8, 4) is 0 Å². The number of nitrogens with one attached hydrogen (secondary N) is 1. The Morgan fingerprint density at radius 3 is 2.72 bits per heavy atom. The second-order valence-corrected chi connectivity index (χ2v) is 7.52. The van der Waals surface area contributed by atoms with Gasteiger partial charge in [0.15, 0.2) is 0 Å². The molecule has 0 unspecified atom stereocenters. The summed E-state index contributed by atoms with van der Waals surface area (Å²) >= 11 is 1.68. The summed E-state index contributed by atoms with van der Waals surface area (Å²) in [5.74, 6) is 0.139. The van der Waals surface area contributed by atoms with E-state index in [0.29, 0.717) is 13.0 Å². The molecule has 1 N–H and O–H groups in total. The highest BCUT2D eigenvalue weighted by atomic mass is 32.1. The molecule has 6 heteroatoms. The van der Waals surface area contributed by atoms with E-state index in [-0.39, 0.29) is 5.91 Å². The van der Waals surface area contributed by atoms with Crippen LogP contribution in [0.25, 0.3) is 0 Å². The predicted molar refractivity (Wildman–Crippen MR) is 101 cm³/mol. The van der Waals surface area contributed by atoms with Crippen LogP contribution in [-0.2, 0) is 17.9 Å². The van der Waals surface area contributed by atoms with Crippen molar-refractivity contribution in [3.05, 3.63) is 52.0 Å². The molecule has 0 radical (unpaired) electrons.